The highest BCUT2D eigenvalue weighted by Crippen LogP contribution is 2.29. The van der Waals surface area contributed by atoms with Crippen molar-refractivity contribution >= 4 is 11.6 Å². The Hall–Kier alpha value is -1.78. The van der Waals surface area contributed by atoms with Crippen LogP contribution in [0.25, 0.3) is 0 Å². The first kappa shape index (κ1) is 10.7. The van der Waals surface area contributed by atoms with Crippen molar-refractivity contribution in [3.63, 3.8) is 0 Å². The van der Waals surface area contributed by atoms with E-state index in [9.17, 15) is 4.79 Å². The van der Waals surface area contributed by atoms with E-state index < -0.39 is 0 Å². The smallest absolute Gasteiger partial charge is 0.277 e. The zero-order valence-electron chi connectivity index (χ0n) is 9.36. The third-order valence-electron chi connectivity index (χ3n) is 2.77. The molecule has 1 aromatic heterocycles. The quantitative estimate of drug-likeness (QED) is 0.746. The minimum Gasteiger partial charge on any atom is -0.395 e. The lowest BCUT2D eigenvalue weighted by molar-refractivity contribution is 0.0758. The number of nitrogens with zero attached hydrogens (tertiary/aromatic N) is 2. The molecule has 1 aromatic rings. The third-order valence-corrected chi connectivity index (χ3v) is 2.77. The summed E-state index contributed by atoms with van der Waals surface area (Å²) in [6.45, 7) is 6.01. The SMILES string of the molecule is C=CCN(C(=O)c1n[nH]c(C)c1N)C1CC1. The molecule has 0 spiro atoms. The van der Waals surface area contributed by atoms with Gasteiger partial charge in [0.05, 0.1) is 11.4 Å². The lowest BCUT2D eigenvalue weighted by Gasteiger charge is -2.19. The first-order valence-electron chi connectivity index (χ1n) is 5.37. The Balaban J connectivity index is 2.22. The lowest BCUT2D eigenvalue weighted by Crippen LogP contribution is -2.33. The number of aryl methyl sites for hydroxylation is 1. The molecular formula is C11H16N4O. The van der Waals surface area contributed by atoms with Crippen molar-refractivity contribution in [2.24, 2.45) is 0 Å². The van der Waals surface area contributed by atoms with Crippen molar-refractivity contribution in [1.82, 2.24) is 15.1 Å². The van der Waals surface area contributed by atoms with Crippen LogP contribution in [0.15, 0.2) is 12.7 Å². The molecule has 1 fully saturated rings. The number of nitrogens with two attached hydrogens (primary N) is 1. The minimum atomic E-state index is -0.107. The largest absolute Gasteiger partial charge is 0.395 e. The summed E-state index contributed by atoms with van der Waals surface area (Å²) in [6, 6.07) is 0.335. The Morgan fingerprint density at radius 2 is 2.44 bits per heavy atom. The average Bonchev–Trinajstić information content (AvgIpc) is 3.04. The van der Waals surface area contributed by atoms with Crippen LogP contribution in [0, 0.1) is 6.92 Å². The summed E-state index contributed by atoms with van der Waals surface area (Å²) in [5, 5.41) is 6.68. The summed E-state index contributed by atoms with van der Waals surface area (Å²) in [4.78, 5) is 13.9. The summed E-state index contributed by atoms with van der Waals surface area (Å²) in [7, 11) is 0. The molecule has 0 bridgehead atoms. The average molecular weight is 220 g/mol. The second-order valence-corrected chi connectivity index (χ2v) is 4.09. The molecule has 0 aromatic carbocycles. The third kappa shape index (κ3) is 1.80. The molecule has 1 heterocycles. The molecule has 1 amide bonds. The van der Waals surface area contributed by atoms with E-state index in [1.165, 1.54) is 0 Å². The maximum absolute atomic E-state index is 12.2. The fourth-order valence-electron chi connectivity index (χ4n) is 1.66. The number of carbonyl (C=O) groups is 1. The molecule has 86 valence electrons. The molecule has 5 heteroatoms. The van der Waals surface area contributed by atoms with Crippen molar-refractivity contribution in [2.45, 2.75) is 25.8 Å². The van der Waals surface area contributed by atoms with Gasteiger partial charge in [0.2, 0.25) is 0 Å². The monoisotopic (exact) mass is 220 g/mol. The van der Waals surface area contributed by atoms with E-state index in [-0.39, 0.29) is 5.91 Å². The molecule has 0 atom stereocenters. The van der Waals surface area contributed by atoms with Gasteiger partial charge in [-0.3, -0.25) is 9.89 Å². The van der Waals surface area contributed by atoms with Gasteiger partial charge in [-0.1, -0.05) is 6.08 Å². The van der Waals surface area contributed by atoms with E-state index in [1.807, 2.05) is 0 Å². The van der Waals surface area contributed by atoms with Gasteiger partial charge >= 0.3 is 0 Å². The van der Waals surface area contributed by atoms with Crippen molar-refractivity contribution in [2.75, 3.05) is 12.3 Å². The number of hydrogen-bond acceptors (Lipinski definition) is 3. The van der Waals surface area contributed by atoms with Crippen LogP contribution in [0.5, 0.6) is 0 Å². The molecule has 1 saturated carbocycles. The van der Waals surface area contributed by atoms with Crippen molar-refractivity contribution in [3.05, 3.63) is 24.0 Å². The molecule has 0 unspecified atom stereocenters. The van der Waals surface area contributed by atoms with Gasteiger partial charge in [-0.25, -0.2) is 0 Å². The fraction of sp³-hybridized carbons (Fsp3) is 0.455. The van der Waals surface area contributed by atoms with Gasteiger partial charge in [0.15, 0.2) is 5.69 Å². The molecule has 0 aliphatic heterocycles. The predicted molar refractivity (Wildman–Crippen MR) is 62.0 cm³/mol. The van der Waals surface area contributed by atoms with Crippen LogP contribution in [0.1, 0.15) is 29.0 Å². The number of anilines is 1. The Morgan fingerprint density at radius 3 is 2.88 bits per heavy atom. The maximum Gasteiger partial charge on any atom is 0.277 e. The summed E-state index contributed by atoms with van der Waals surface area (Å²) in [5.41, 5.74) is 7.29. The standard InChI is InChI=1S/C11H16N4O/c1-3-6-15(8-4-5-8)11(16)10-9(12)7(2)13-14-10/h3,8H,1,4-6,12H2,2H3,(H,13,14). The van der Waals surface area contributed by atoms with Gasteiger partial charge < -0.3 is 10.6 Å². The highest BCUT2D eigenvalue weighted by atomic mass is 16.2. The molecule has 3 N–H and O–H groups in total. The van der Waals surface area contributed by atoms with Crippen molar-refractivity contribution < 1.29 is 4.79 Å². The van der Waals surface area contributed by atoms with Gasteiger partial charge in [0.25, 0.3) is 5.91 Å². The van der Waals surface area contributed by atoms with E-state index in [0.29, 0.717) is 24.0 Å². The highest BCUT2D eigenvalue weighted by Gasteiger charge is 2.34. The fourth-order valence-corrected chi connectivity index (χ4v) is 1.66. The van der Waals surface area contributed by atoms with Crippen molar-refractivity contribution in [3.8, 4) is 0 Å². The molecule has 0 saturated heterocycles. The van der Waals surface area contributed by atoms with Gasteiger partial charge in [-0.2, -0.15) is 5.10 Å². The number of carbonyl (C=O) groups excluding carboxylic acids is 1. The topological polar surface area (TPSA) is 75.0 Å². The molecule has 1 aliphatic rings. The maximum atomic E-state index is 12.2. The first-order chi connectivity index (χ1) is 7.65. The van der Waals surface area contributed by atoms with Crippen LogP contribution in [-0.2, 0) is 0 Å². The zero-order chi connectivity index (χ0) is 11.7. The van der Waals surface area contributed by atoms with E-state index in [4.69, 9.17) is 5.73 Å². The molecule has 16 heavy (non-hydrogen) atoms. The molecule has 1 aliphatic carbocycles. The number of aromatic amines is 1. The summed E-state index contributed by atoms with van der Waals surface area (Å²) in [6.07, 6.45) is 3.84. The zero-order valence-corrected chi connectivity index (χ0v) is 9.36. The number of hydrogen-bond donors (Lipinski definition) is 2. The van der Waals surface area contributed by atoms with E-state index in [2.05, 4.69) is 16.8 Å². The highest BCUT2D eigenvalue weighted by molar-refractivity contribution is 5.98. The number of aromatic nitrogens is 2. The Kier molecular flexibility index (Phi) is 2.68. The molecule has 2 rings (SSSR count). The van der Waals surface area contributed by atoms with Crippen LogP contribution in [0.2, 0.25) is 0 Å². The summed E-state index contributed by atoms with van der Waals surface area (Å²) in [5.74, 6) is -0.107. The molecular weight excluding hydrogens is 204 g/mol. The lowest BCUT2D eigenvalue weighted by atomic mass is 10.2. The second-order valence-electron chi connectivity index (χ2n) is 4.09. The van der Waals surface area contributed by atoms with Gasteiger partial charge in [-0.15, -0.1) is 6.58 Å². The predicted octanol–water partition coefficient (Wildman–Crippen LogP) is 1.09. The summed E-state index contributed by atoms with van der Waals surface area (Å²) >= 11 is 0. The normalized spacial score (nSPS) is 14.8. The Labute approximate surface area is 94.3 Å². The molecule has 0 radical (unpaired) electrons. The van der Waals surface area contributed by atoms with Gasteiger partial charge in [0.1, 0.15) is 0 Å². The Morgan fingerprint density at radius 1 is 1.75 bits per heavy atom. The van der Waals surface area contributed by atoms with Crippen LogP contribution < -0.4 is 5.73 Å². The van der Waals surface area contributed by atoms with E-state index in [0.717, 1.165) is 18.5 Å². The van der Waals surface area contributed by atoms with E-state index in [1.54, 1.807) is 17.9 Å². The number of amides is 1. The number of rotatable bonds is 4. The van der Waals surface area contributed by atoms with Gasteiger partial charge in [-0.05, 0) is 19.8 Å². The van der Waals surface area contributed by atoms with Crippen molar-refractivity contribution in [1.29, 1.82) is 0 Å². The first-order valence-corrected chi connectivity index (χ1v) is 5.37. The summed E-state index contributed by atoms with van der Waals surface area (Å²) < 4.78 is 0. The minimum absolute atomic E-state index is 0.107. The number of H-pyrrole nitrogens is 1. The van der Waals surface area contributed by atoms with Gasteiger partial charge in [0, 0.05) is 12.6 Å². The van der Waals surface area contributed by atoms with E-state index >= 15 is 0 Å². The molecule has 5 nitrogen and oxygen atoms in total. The van der Waals surface area contributed by atoms with Crippen LogP contribution >= 0.6 is 0 Å². The van der Waals surface area contributed by atoms with Crippen LogP contribution in [0.4, 0.5) is 5.69 Å². The van der Waals surface area contributed by atoms with Crippen LogP contribution in [-0.4, -0.2) is 33.6 Å². The van der Waals surface area contributed by atoms with Crippen LogP contribution in [0.3, 0.4) is 0 Å². The number of nitrogens with one attached hydrogen (secondary N) is 1. The second kappa shape index (κ2) is 4.00. The Bertz CT molecular complexity index is 420. The number of nitrogen functional groups attached to an aromatic ring is 1.